The van der Waals surface area contributed by atoms with E-state index in [-0.39, 0.29) is 6.03 Å². The van der Waals surface area contributed by atoms with Crippen LogP contribution in [0.25, 0.3) is 0 Å². The summed E-state index contributed by atoms with van der Waals surface area (Å²) in [5, 5.41) is 6.60. The van der Waals surface area contributed by atoms with Crippen LogP contribution in [0.15, 0.2) is 0 Å². The van der Waals surface area contributed by atoms with E-state index in [2.05, 4.69) is 10.6 Å². The van der Waals surface area contributed by atoms with E-state index >= 15 is 0 Å². The lowest BCUT2D eigenvalue weighted by atomic mass is 9.70. The average Bonchev–Trinajstić information content (AvgIpc) is 3.22. The van der Waals surface area contributed by atoms with E-state index in [1.165, 1.54) is 70.6 Å². The lowest BCUT2D eigenvalue weighted by Crippen LogP contribution is -2.50. The first-order valence-corrected chi connectivity index (χ1v) is 10.2. The maximum absolute atomic E-state index is 12.4. The number of carbonyl (C=O) groups excluding carboxylic acids is 1. The summed E-state index contributed by atoms with van der Waals surface area (Å²) in [6.07, 6.45) is 15.4. The van der Waals surface area contributed by atoms with Crippen molar-refractivity contribution in [3.8, 4) is 0 Å². The highest BCUT2D eigenvalue weighted by atomic mass is 16.2. The summed E-state index contributed by atoms with van der Waals surface area (Å²) in [5.41, 5.74) is 0.711. The van der Waals surface area contributed by atoms with E-state index < -0.39 is 0 Å². The molecule has 128 valence electrons. The number of nitrogens with one attached hydrogen (secondary N) is 2. The number of carbonyl (C=O) groups is 1. The number of urea groups is 1. The second kappa shape index (κ2) is 5.39. The van der Waals surface area contributed by atoms with Crippen LogP contribution in [0.5, 0.6) is 0 Å². The summed E-state index contributed by atoms with van der Waals surface area (Å²) < 4.78 is 0. The van der Waals surface area contributed by atoms with Gasteiger partial charge < -0.3 is 10.6 Å². The quantitative estimate of drug-likeness (QED) is 0.809. The standard InChI is InChI=1S/C20H32N2O/c23-19(21-12-13-2-1-3-20(11-13)4-5-20)22-18-10-15-6-14-7-16(8-15)17(18)9-14/h13-18H,1-12H2,(H2,21,22,23). The molecule has 6 unspecified atom stereocenters. The van der Waals surface area contributed by atoms with Crippen molar-refractivity contribution in [2.45, 2.75) is 76.7 Å². The van der Waals surface area contributed by atoms with Gasteiger partial charge in [-0.25, -0.2) is 4.79 Å². The molecule has 5 saturated carbocycles. The van der Waals surface area contributed by atoms with Gasteiger partial charge in [0.25, 0.3) is 0 Å². The van der Waals surface area contributed by atoms with Crippen molar-refractivity contribution in [3.05, 3.63) is 0 Å². The zero-order valence-corrected chi connectivity index (χ0v) is 14.4. The molecule has 0 aromatic rings. The van der Waals surface area contributed by atoms with Crippen LogP contribution in [0.2, 0.25) is 0 Å². The van der Waals surface area contributed by atoms with Crippen LogP contribution in [0.1, 0.15) is 70.6 Å². The Morgan fingerprint density at radius 3 is 2.65 bits per heavy atom. The van der Waals surface area contributed by atoms with Crippen LogP contribution in [0.3, 0.4) is 0 Å². The smallest absolute Gasteiger partial charge is 0.315 e. The molecule has 0 radical (unpaired) electrons. The van der Waals surface area contributed by atoms with Gasteiger partial charge in [-0.05, 0) is 99.2 Å². The van der Waals surface area contributed by atoms with Gasteiger partial charge >= 0.3 is 6.03 Å². The molecule has 6 atom stereocenters. The maximum atomic E-state index is 12.4. The van der Waals surface area contributed by atoms with Crippen molar-refractivity contribution in [3.63, 3.8) is 0 Å². The summed E-state index contributed by atoms with van der Waals surface area (Å²) in [6, 6.07) is 0.586. The molecule has 1 spiro atoms. The summed E-state index contributed by atoms with van der Waals surface area (Å²) in [4.78, 5) is 12.4. The number of rotatable bonds is 3. The van der Waals surface area contributed by atoms with Crippen LogP contribution in [-0.4, -0.2) is 18.6 Å². The minimum atomic E-state index is 0.121. The van der Waals surface area contributed by atoms with Gasteiger partial charge in [0.1, 0.15) is 0 Å². The number of hydrogen-bond donors (Lipinski definition) is 2. The molecule has 5 aliphatic carbocycles. The van der Waals surface area contributed by atoms with Gasteiger partial charge in [-0.1, -0.05) is 6.42 Å². The Balaban J connectivity index is 1.12. The largest absolute Gasteiger partial charge is 0.338 e. The van der Waals surface area contributed by atoms with Crippen molar-refractivity contribution >= 4 is 6.03 Å². The van der Waals surface area contributed by atoms with Crippen molar-refractivity contribution < 1.29 is 4.79 Å². The van der Waals surface area contributed by atoms with Crippen LogP contribution in [0.4, 0.5) is 4.79 Å². The number of amides is 2. The predicted octanol–water partition coefficient (Wildman–Crippen LogP) is 4.08. The molecule has 3 bridgehead atoms. The number of fused-ring (bicyclic) bond motifs is 2. The number of hydrogen-bond acceptors (Lipinski definition) is 1. The second-order valence-electron chi connectivity index (χ2n) is 9.76. The zero-order chi connectivity index (χ0) is 15.4. The molecule has 0 saturated heterocycles. The summed E-state index contributed by atoms with van der Waals surface area (Å²) in [6.45, 7) is 0.903. The van der Waals surface area contributed by atoms with E-state index in [4.69, 9.17) is 0 Å². The van der Waals surface area contributed by atoms with E-state index in [9.17, 15) is 4.79 Å². The van der Waals surface area contributed by atoms with Gasteiger partial charge in [-0.15, -0.1) is 0 Å². The van der Waals surface area contributed by atoms with Crippen molar-refractivity contribution in [1.82, 2.24) is 10.6 Å². The highest BCUT2D eigenvalue weighted by Crippen LogP contribution is 2.57. The molecule has 5 rings (SSSR count). The van der Waals surface area contributed by atoms with Gasteiger partial charge in [-0.2, -0.15) is 0 Å². The fourth-order valence-electron chi connectivity index (χ4n) is 6.96. The highest BCUT2D eigenvalue weighted by Gasteiger charge is 2.49. The molecule has 3 nitrogen and oxygen atoms in total. The van der Waals surface area contributed by atoms with Crippen LogP contribution >= 0.6 is 0 Å². The molecule has 0 aliphatic heterocycles. The molecular weight excluding hydrogens is 284 g/mol. The molecule has 5 fully saturated rings. The minimum absolute atomic E-state index is 0.121. The third-order valence-corrected chi connectivity index (χ3v) is 8.12. The topological polar surface area (TPSA) is 41.1 Å². The van der Waals surface area contributed by atoms with E-state index in [0.717, 1.165) is 36.1 Å². The van der Waals surface area contributed by atoms with Gasteiger partial charge in [0, 0.05) is 12.6 Å². The average molecular weight is 316 g/mol. The lowest BCUT2D eigenvalue weighted by molar-refractivity contribution is 0.138. The van der Waals surface area contributed by atoms with E-state index in [1.807, 2.05) is 0 Å². The fraction of sp³-hybridized carbons (Fsp3) is 0.950. The van der Waals surface area contributed by atoms with Gasteiger partial charge in [0.2, 0.25) is 0 Å². The minimum Gasteiger partial charge on any atom is -0.338 e. The van der Waals surface area contributed by atoms with E-state index in [0.29, 0.717) is 11.5 Å². The molecule has 2 N–H and O–H groups in total. The Morgan fingerprint density at radius 1 is 1.00 bits per heavy atom. The molecule has 2 amide bonds. The molecule has 3 heteroatoms. The Kier molecular flexibility index (Phi) is 3.42. The predicted molar refractivity (Wildman–Crippen MR) is 91.0 cm³/mol. The van der Waals surface area contributed by atoms with Gasteiger partial charge in [0.15, 0.2) is 0 Å². The maximum Gasteiger partial charge on any atom is 0.315 e. The Hall–Kier alpha value is -0.730. The molecule has 23 heavy (non-hydrogen) atoms. The van der Waals surface area contributed by atoms with Crippen molar-refractivity contribution in [2.24, 2.45) is 35.0 Å². The fourth-order valence-corrected chi connectivity index (χ4v) is 6.96. The van der Waals surface area contributed by atoms with Crippen molar-refractivity contribution in [1.29, 1.82) is 0 Å². The summed E-state index contributed by atoms with van der Waals surface area (Å²) in [7, 11) is 0. The summed E-state index contributed by atoms with van der Waals surface area (Å²) in [5.74, 6) is 4.32. The third-order valence-electron chi connectivity index (χ3n) is 8.12. The Bertz CT molecular complexity index is 484. The van der Waals surface area contributed by atoms with Crippen LogP contribution in [-0.2, 0) is 0 Å². The first-order chi connectivity index (χ1) is 11.2. The normalized spacial score (nSPS) is 45.9. The zero-order valence-electron chi connectivity index (χ0n) is 14.4. The monoisotopic (exact) mass is 316 g/mol. The molecule has 5 aliphatic rings. The van der Waals surface area contributed by atoms with Crippen LogP contribution in [0, 0.1) is 35.0 Å². The first kappa shape index (κ1) is 14.6. The van der Waals surface area contributed by atoms with Gasteiger partial charge in [-0.3, -0.25) is 0 Å². The Morgan fingerprint density at radius 2 is 1.83 bits per heavy atom. The first-order valence-electron chi connectivity index (χ1n) is 10.2. The van der Waals surface area contributed by atoms with Gasteiger partial charge in [0.05, 0.1) is 0 Å². The SMILES string of the molecule is O=C(NCC1CCCC2(CC2)C1)NC1CC2CC3CC(C2)C1C3. The molecule has 0 aromatic carbocycles. The third kappa shape index (κ3) is 2.78. The molecule has 0 heterocycles. The molecular formula is C20H32N2O. The van der Waals surface area contributed by atoms with Crippen molar-refractivity contribution in [2.75, 3.05) is 6.54 Å². The lowest BCUT2D eigenvalue weighted by Gasteiger charge is -2.39. The van der Waals surface area contributed by atoms with E-state index in [1.54, 1.807) is 0 Å². The second-order valence-corrected chi connectivity index (χ2v) is 9.76. The summed E-state index contributed by atoms with van der Waals surface area (Å²) >= 11 is 0. The van der Waals surface area contributed by atoms with Crippen LogP contribution < -0.4 is 10.6 Å². The molecule has 0 aromatic heterocycles. The Labute approximate surface area is 140 Å². The highest BCUT2D eigenvalue weighted by molar-refractivity contribution is 5.74.